The van der Waals surface area contributed by atoms with Gasteiger partial charge in [0.2, 0.25) is 0 Å². The third kappa shape index (κ3) is 43.1. The van der Waals surface area contributed by atoms with Crippen LogP contribution in [-0.4, -0.2) is 264 Å². The molecule has 10 rings (SSSR count). The van der Waals surface area contributed by atoms with Crippen LogP contribution >= 0.6 is 0 Å². The fraction of sp³-hybridized carbons (Fsp3) is 0.424. The molecule has 4 saturated heterocycles. The highest BCUT2D eigenvalue weighted by Crippen LogP contribution is 2.24. The number of hydrogen-bond acceptors (Lipinski definition) is 29. The van der Waals surface area contributed by atoms with Gasteiger partial charge in [-0.3, -0.25) is 14.7 Å². The number of nitrogens with one attached hydrogen (secondary N) is 3. The Morgan fingerprint density at radius 2 is 0.717 bits per heavy atom. The first-order chi connectivity index (χ1) is 58.4. The van der Waals surface area contributed by atoms with Gasteiger partial charge in [0.05, 0.1) is 57.7 Å². The standard InChI is InChI=1S/2C15H21NO4.3C13H16N2O3.C12H17NO4.C4H11NO2.H3NO/c2*1-4-10-16(11-14(18-2)19-3)15(17)20-12-13-8-6-5-7-9-13;2*16-13(17-8-10-4-2-1-3-5-10)15-6-11-9-18-14-12(11)7-15;1-2-9-15(10-8-14-17)13(16)18-11-12-6-4-3-5-7-12;1-15-11(16-2)8-13-12(14)17-9-10-6-4-3-5-7-10;1-6-4(3-5)7-2;1-2/h2*4-9,14H,1,10-12H2,2-3H3;2*1-5,11-12,14H,6-9H2;2-8,17H,1,9-11H2;3-7,11H,8-9H2,1-2H3,(H,13,14);4H,3,5H2,1-2H3;2H,1H2/b;;;;14-8+;;;. The van der Waals surface area contributed by atoms with Crippen LogP contribution in [0.25, 0.3) is 0 Å². The van der Waals surface area contributed by atoms with Gasteiger partial charge in [0.25, 0.3) is 0 Å². The average molecular weight is 1680 g/mol. The molecular weight excluding hydrogens is 1560 g/mol. The molecule has 35 heteroatoms. The van der Waals surface area contributed by atoms with Gasteiger partial charge in [0.15, 0.2) is 25.2 Å². The third-order valence-corrected chi connectivity index (χ3v) is 17.4. The Bertz CT molecular complexity index is 3530. The number of ether oxygens (including phenoxy) is 14. The number of methoxy groups -OCH3 is 8. The summed E-state index contributed by atoms with van der Waals surface area (Å²) in [7, 11) is 12.2. The van der Waals surface area contributed by atoms with Crippen molar-refractivity contribution in [2.75, 3.05) is 149 Å². The Kier molecular flexibility index (Phi) is 55.9. The molecule has 660 valence electrons. The molecule has 6 aromatic carbocycles. The number of hydroxylamine groups is 2. The summed E-state index contributed by atoms with van der Waals surface area (Å²) in [5, 5.41) is 20.2. The summed E-state index contributed by atoms with van der Waals surface area (Å²) in [5.74, 6) is 4.29. The number of hydrogen-bond donors (Lipinski definition) is 7. The first-order valence-electron chi connectivity index (χ1n) is 38.1. The van der Waals surface area contributed by atoms with Crippen molar-refractivity contribution in [3.8, 4) is 0 Å². The van der Waals surface area contributed by atoms with Crippen LogP contribution in [0.4, 0.5) is 28.8 Å². The summed E-state index contributed by atoms with van der Waals surface area (Å²) >= 11 is 0. The number of nitrogens with two attached hydrogens (primary N) is 2. The first-order valence-corrected chi connectivity index (χ1v) is 38.1. The smallest absolute Gasteiger partial charge is 0.410 e. The van der Waals surface area contributed by atoms with E-state index in [0.717, 1.165) is 33.4 Å². The predicted octanol–water partition coefficient (Wildman–Crippen LogP) is 9.88. The number of amides is 6. The largest absolute Gasteiger partial charge is 0.445 e. The average Bonchev–Trinajstić information content (AvgIpc) is 1.68. The SMILES string of the molecule is C=CCN(C/C=N/O)C(=O)OCc1ccccc1.C=CCN(CC(OC)OC)C(=O)OCc1ccccc1.C=CCN(CC(OC)OC)C(=O)OCc1ccccc1.COC(CN)OC.COC(CNC(=O)OCc1ccccc1)OC.NO.O=C(OCc1ccccc1)N1CC2CONC2C1.O=C(OCc1ccccc1)N1CC2CONC2C1. The van der Waals surface area contributed by atoms with Gasteiger partial charge >= 0.3 is 36.6 Å². The van der Waals surface area contributed by atoms with Crippen LogP contribution < -0.4 is 27.9 Å². The van der Waals surface area contributed by atoms with Crippen molar-refractivity contribution in [3.63, 3.8) is 0 Å². The number of carbonyl (C=O) groups is 6. The molecule has 0 aromatic heterocycles. The maximum atomic E-state index is 12.0. The van der Waals surface area contributed by atoms with E-state index in [4.69, 9.17) is 92.1 Å². The Hall–Kier alpha value is -11.0. The lowest BCUT2D eigenvalue weighted by atomic mass is 10.1. The highest BCUT2D eigenvalue weighted by atomic mass is 16.7. The molecule has 0 radical (unpaired) electrons. The van der Waals surface area contributed by atoms with E-state index in [0.29, 0.717) is 90.6 Å². The second-order valence-corrected chi connectivity index (χ2v) is 25.8. The number of nitrogens with zero attached hydrogens (tertiary/aromatic N) is 6. The Labute approximate surface area is 703 Å². The number of likely N-dealkylation sites (tertiary alicyclic amines) is 2. The van der Waals surface area contributed by atoms with E-state index in [2.05, 4.69) is 47.1 Å². The van der Waals surface area contributed by atoms with Gasteiger partial charge in [-0.2, -0.15) is 11.0 Å². The van der Waals surface area contributed by atoms with Crippen LogP contribution in [0.1, 0.15) is 33.4 Å². The summed E-state index contributed by atoms with van der Waals surface area (Å²) in [4.78, 5) is 88.9. The highest BCUT2D eigenvalue weighted by Gasteiger charge is 2.41. The number of rotatable bonds is 35. The van der Waals surface area contributed by atoms with Gasteiger partial charge in [-0.1, -0.05) is 200 Å². The molecule has 0 saturated carbocycles. The summed E-state index contributed by atoms with van der Waals surface area (Å²) in [6.45, 7) is 19.0. The second kappa shape index (κ2) is 65.0. The molecule has 4 fully saturated rings. The molecule has 35 nitrogen and oxygen atoms in total. The molecule has 4 aliphatic heterocycles. The van der Waals surface area contributed by atoms with Crippen molar-refractivity contribution in [2.45, 2.75) is 76.9 Å². The minimum Gasteiger partial charge on any atom is -0.445 e. The molecule has 4 atom stereocenters. The van der Waals surface area contributed by atoms with E-state index >= 15 is 0 Å². The van der Waals surface area contributed by atoms with E-state index in [1.807, 2.05) is 182 Å². The number of carbonyl (C=O) groups excluding carboxylic acids is 6. The van der Waals surface area contributed by atoms with Crippen molar-refractivity contribution in [3.05, 3.63) is 253 Å². The summed E-state index contributed by atoms with van der Waals surface area (Å²) < 4.78 is 70.8. The molecule has 6 amide bonds. The topological polar surface area (TPSA) is 407 Å². The highest BCUT2D eigenvalue weighted by molar-refractivity contribution is 5.73. The molecule has 9 N–H and O–H groups in total. The molecule has 0 aliphatic carbocycles. The number of oxime groups is 1. The van der Waals surface area contributed by atoms with Crippen molar-refractivity contribution in [1.29, 1.82) is 0 Å². The molecule has 4 heterocycles. The maximum Gasteiger partial charge on any atom is 0.410 e. The van der Waals surface area contributed by atoms with Gasteiger partial charge < -0.3 is 107 Å². The van der Waals surface area contributed by atoms with E-state index in [9.17, 15) is 28.8 Å². The zero-order valence-corrected chi connectivity index (χ0v) is 69.7. The molecular formula is C85H121N11O24. The third-order valence-electron chi connectivity index (χ3n) is 17.4. The van der Waals surface area contributed by atoms with Crippen molar-refractivity contribution < 1.29 is 115 Å². The van der Waals surface area contributed by atoms with Gasteiger partial charge in [-0.15, -0.1) is 24.9 Å². The van der Waals surface area contributed by atoms with Gasteiger partial charge in [0.1, 0.15) is 39.6 Å². The molecule has 4 aliphatic rings. The fourth-order valence-corrected chi connectivity index (χ4v) is 10.8. The van der Waals surface area contributed by atoms with Crippen LogP contribution in [0.15, 0.2) is 225 Å². The summed E-state index contributed by atoms with van der Waals surface area (Å²) in [5.41, 5.74) is 16.7. The van der Waals surface area contributed by atoms with E-state index < -0.39 is 43.2 Å². The lowest BCUT2D eigenvalue weighted by Gasteiger charge is -2.24. The zero-order chi connectivity index (χ0) is 87.8. The van der Waals surface area contributed by atoms with E-state index in [-0.39, 0.29) is 83.2 Å². The number of benzene rings is 6. The predicted molar refractivity (Wildman–Crippen MR) is 445 cm³/mol. The second-order valence-electron chi connectivity index (χ2n) is 25.8. The Morgan fingerprint density at radius 3 is 0.983 bits per heavy atom. The lowest BCUT2D eigenvalue weighted by molar-refractivity contribution is -0.113. The van der Waals surface area contributed by atoms with Crippen molar-refractivity contribution in [2.24, 2.45) is 28.6 Å². The van der Waals surface area contributed by atoms with Gasteiger partial charge in [-0.05, 0) is 33.4 Å². The van der Waals surface area contributed by atoms with Gasteiger partial charge in [-0.25, -0.2) is 34.7 Å². The van der Waals surface area contributed by atoms with Crippen LogP contribution in [0.3, 0.4) is 0 Å². The lowest BCUT2D eigenvalue weighted by Crippen LogP contribution is -2.39. The van der Waals surface area contributed by atoms with Crippen LogP contribution in [-0.2, 0) is 116 Å². The van der Waals surface area contributed by atoms with Crippen LogP contribution in [0.2, 0.25) is 0 Å². The summed E-state index contributed by atoms with van der Waals surface area (Å²) in [6.07, 6.45) is 2.09. The Morgan fingerprint density at radius 1 is 0.433 bits per heavy atom. The van der Waals surface area contributed by atoms with Crippen LogP contribution in [0.5, 0.6) is 0 Å². The summed E-state index contributed by atoms with van der Waals surface area (Å²) in [6, 6.07) is 57.8. The van der Waals surface area contributed by atoms with Crippen molar-refractivity contribution in [1.82, 2.24) is 40.8 Å². The molecule has 0 spiro atoms. The molecule has 120 heavy (non-hydrogen) atoms. The minimum atomic E-state index is -0.493. The fourth-order valence-electron chi connectivity index (χ4n) is 10.8. The number of alkyl carbamates (subject to hydrolysis) is 1. The zero-order valence-electron chi connectivity index (χ0n) is 69.7. The normalized spacial score (nSPS) is 14.9. The van der Waals surface area contributed by atoms with E-state index in [1.54, 1.807) is 42.2 Å². The molecule has 0 bridgehead atoms. The van der Waals surface area contributed by atoms with Gasteiger partial charge in [0, 0.05) is 121 Å². The van der Waals surface area contributed by atoms with Crippen LogP contribution in [0, 0.1) is 11.8 Å². The quantitative estimate of drug-likeness (QED) is 0.00485. The molecule has 6 aromatic rings. The van der Waals surface area contributed by atoms with Crippen molar-refractivity contribution >= 4 is 42.8 Å². The minimum absolute atomic E-state index is 0.177. The first kappa shape index (κ1) is 103. The maximum absolute atomic E-state index is 12.0. The monoisotopic (exact) mass is 1680 g/mol. The number of fused-ring (bicyclic) bond motifs is 2. The Balaban J connectivity index is 0.000000365. The molecule has 4 unspecified atom stereocenters. The van der Waals surface area contributed by atoms with E-state index in [1.165, 1.54) is 63.6 Å².